The minimum atomic E-state index is -0.492. The van der Waals surface area contributed by atoms with Crippen LogP contribution in [0.2, 0.25) is 0 Å². The molecule has 2 N–H and O–H groups in total. The van der Waals surface area contributed by atoms with Crippen LogP contribution in [-0.2, 0) is 27.2 Å². The van der Waals surface area contributed by atoms with Gasteiger partial charge in [-0.15, -0.1) is 0 Å². The smallest absolute Gasteiger partial charge is 0.332 e. The van der Waals surface area contributed by atoms with E-state index >= 15 is 0 Å². The normalized spacial score (nSPS) is 11.9. The number of aromatic nitrogens is 8. The highest BCUT2D eigenvalue weighted by atomic mass is 16.2. The lowest BCUT2D eigenvalue weighted by Crippen LogP contribution is -2.41. The molecule has 0 bridgehead atoms. The number of imidazole rings is 2. The molecule has 4 heterocycles. The van der Waals surface area contributed by atoms with E-state index in [1.54, 1.807) is 0 Å². The summed E-state index contributed by atoms with van der Waals surface area (Å²) in [5.74, 6) is -0.204. The molecule has 0 aliphatic heterocycles. The van der Waals surface area contributed by atoms with Gasteiger partial charge in [-0.3, -0.25) is 27.9 Å². The Morgan fingerprint density at radius 3 is 1.61 bits per heavy atom. The van der Waals surface area contributed by atoms with Crippen LogP contribution in [-0.4, -0.2) is 38.2 Å². The molecule has 12 heteroatoms. The van der Waals surface area contributed by atoms with E-state index in [1.165, 1.54) is 35.9 Å². The van der Waals surface area contributed by atoms with Crippen LogP contribution in [0, 0.1) is 5.92 Å². The predicted octanol–water partition coefficient (Wildman–Crippen LogP) is -1.50. The number of H-pyrrole nitrogens is 2. The molecule has 0 atom stereocenters. The Morgan fingerprint density at radius 2 is 1.21 bits per heavy atom. The second kappa shape index (κ2) is 6.18. The van der Waals surface area contributed by atoms with Gasteiger partial charge in [0.25, 0.3) is 11.1 Å². The van der Waals surface area contributed by atoms with Gasteiger partial charge in [0.05, 0.1) is 12.7 Å². The van der Waals surface area contributed by atoms with E-state index < -0.39 is 22.5 Å². The van der Waals surface area contributed by atoms with Crippen molar-refractivity contribution in [1.29, 1.82) is 0 Å². The van der Waals surface area contributed by atoms with E-state index in [9.17, 15) is 19.2 Å². The Labute approximate surface area is 155 Å². The zero-order valence-corrected chi connectivity index (χ0v) is 15.5. The van der Waals surface area contributed by atoms with E-state index in [1.807, 2.05) is 6.92 Å². The summed E-state index contributed by atoms with van der Waals surface area (Å²) in [6, 6.07) is 0. The van der Waals surface area contributed by atoms with Gasteiger partial charge >= 0.3 is 11.4 Å². The molecule has 4 aromatic heterocycles. The zero-order chi connectivity index (χ0) is 20.2. The number of fused-ring (bicyclic) bond motifs is 2. The average molecular weight is 386 g/mol. The molecular formula is C16H18N8O4. The first-order valence-electron chi connectivity index (χ1n) is 8.57. The van der Waals surface area contributed by atoms with Gasteiger partial charge in [0.1, 0.15) is 11.0 Å². The SMILES string of the molecule is CC(Cn1c(=O)n(C)c(=O)c2[nH]cnc21)Cn1c(=O)n(C)c(=O)c2[nH]cnc21. The van der Waals surface area contributed by atoms with Crippen molar-refractivity contribution in [2.75, 3.05) is 0 Å². The van der Waals surface area contributed by atoms with E-state index in [0.717, 1.165) is 9.13 Å². The first-order valence-corrected chi connectivity index (χ1v) is 8.57. The summed E-state index contributed by atoms with van der Waals surface area (Å²) in [4.78, 5) is 63.1. The maximum absolute atomic E-state index is 12.6. The van der Waals surface area contributed by atoms with Crippen molar-refractivity contribution in [3.63, 3.8) is 0 Å². The number of hydrogen-bond donors (Lipinski definition) is 2. The van der Waals surface area contributed by atoms with E-state index in [-0.39, 0.29) is 41.3 Å². The molecule has 4 rings (SSSR count). The Morgan fingerprint density at radius 1 is 0.821 bits per heavy atom. The molecule has 0 amide bonds. The van der Waals surface area contributed by atoms with Gasteiger partial charge in [0.15, 0.2) is 11.3 Å². The van der Waals surface area contributed by atoms with Crippen molar-refractivity contribution in [3.05, 3.63) is 54.3 Å². The van der Waals surface area contributed by atoms with Crippen molar-refractivity contribution < 1.29 is 0 Å². The van der Waals surface area contributed by atoms with Crippen LogP contribution in [0.1, 0.15) is 6.92 Å². The summed E-state index contributed by atoms with van der Waals surface area (Å²) in [6.45, 7) is 2.29. The van der Waals surface area contributed by atoms with Crippen molar-refractivity contribution in [2.24, 2.45) is 20.0 Å². The molecule has 0 saturated carbocycles. The molecular weight excluding hydrogens is 368 g/mol. The molecule has 0 aromatic carbocycles. The zero-order valence-electron chi connectivity index (χ0n) is 15.5. The third kappa shape index (κ3) is 2.45. The molecule has 146 valence electrons. The van der Waals surface area contributed by atoms with Gasteiger partial charge in [-0.05, 0) is 5.92 Å². The van der Waals surface area contributed by atoms with E-state index in [2.05, 4.69) is 19.9 Å². The fraction of sp³-hybridized carbons (Fsp3) is 0.375. The fourth-order valence-corrected chi connectivity index (χ4v) is 3.36. The maximum Gasteiger partial charge on any atom is 0.332 e. The fourth-order valence-electron chi connectivity index (χ4n) is 3.36. The molecule has 4 aromatic rings. The summed E-state index contributed by atoms with van der Waals surface area (Å²) in [5.41, 5.74) is -0.881. The largest absolute Gasteiger partial charge is 0.339 e. The van der Waals surface area contributed by atoms with Crippen LogP contribution >= 0.6 is 0 Å². The number of aromatic amines is 2. The minimum absolute atomic E-state index is 0.204. The molecule has 0 radical (unpaired) electrons. The van der Waals surface area contributed by atoms with E-state index in [0.29, 0.717) is 0 Å². The predicted molar refractivity (Wildman–Crippen MR) is 100 cm³/mol. The van der Waals surface area contributed by atoms with Crippen molar-refractivity contribution in [2.45, 2.75) is 20.0 Å². The topological polar surface area (TPSA) is 145 Å². The summed E-state index contributed by atoms with van der Waals surface area (Å²) < 4.78 is 4.81. The highest BCUT2D eigenvalue weighted by molar-refractivity contribution is 5.69. The molecule has 12 nitrogen and oxygen atoms in total. The molecule has 0 spiro atoms. The van der Waals surface area contributed by atoms with Crippen molar-refractivity contribution in [1.82, 2.24) is 38.2 Å². The summed E-state index contributed by atoms with van der Waals surface area (Å²) in [5, 5.41) is 0. The van der Waals surface area contributed by atoms with Gasteiger partial charge in [-0.1, -0.05) is 6.92 Å². The summed E-state index contributed by atoms with van der Waals surface area (Å²) in [6.07, 6.45) is 2.72. The lowest BCUT2D eigenvalue weighted by atomic mass is 10.1. The van der Waals surface area contributed by atoms with Crippen LogP contribution in [0.5, 0.6) is 0 Å². The van der Waals surface area contributed by atoms with Gasteiger partial charge in [-0.25, -0.2) is 19.6 Å². The maximum atomic E-state index is 12.6. The second-order valence-corrected chi connectivity index (χ2v) is 6.82. The first kappa shape index (κ1) is 17.7. The molecule has 0 unspecified atom stereocenters. The quantitative estimate of drug-likeness (QED) is 0.436. The van der Waals surface area contributed by atoms with Crippen LogP contribution in [0.25, 0.3) is 22.3 Å². The highest BCUT2D eigenvalue weighted by Gasteiger charge is 2.18. The van der Waals surface area contributed by atoms with Crippen LogP contribution < -0.4 is 22.5 Å². The van der Waals surface area contributed by atoms with Crippen LogP contribution in [0.4, 0.5) is 0 Å². The lowest BCUT2D eigenvalue weighted by Gasteiger charge is -2.17. The Kier molecular flexibility index (Phi) is 3.91. The number of nitrogens with one attached hydrogen (secondary N) is 2. The standard InChI is InChI=1S/C16H18N8O4/c1-8(4-23-11-9(17-6-19-11)13(25)21(2)15(23)27)5-24-12-10(18-7-20-12)14(26)22(3)16(24)28/h6-8H,4-5H2,1-3H3,(H,17,19)(H,18,20). The highest BCUT2D eigenvalue weighted by Crippen LogP contribution is 2.09. The number of nitrogens with zero attached hydrogens (tertiary/aromatic N) is 6. The minimum Gasteiger partial charge on any atom is -0.339 e. The Balaban J connectivity index is 1.78. The van der Waals surface area contributed by atoms with E-state index in [4.69, 9.17) is 0 Å². The average Bonchev–Trinajstić information content (AvgIpc) is 3.35. The molecule has 0 saturated heterocycles. The molecule has 0 fully saturated rings. The van der Waals surface area contributed by atoms with Crippen molar-refractivity contribution >= 4 is 22.3 Å². The van der Waals surface area contributed by atoms with Crippen molar-refractivity contribution in [3.8, 4) is 0 Å². The molecule has 28 heavy (non-hydrogen) atoms. The Hall–Kier alpha value is -3.70. The van der Waals surface area contributed by atoms with Gasteiger partial charge in [0.2, 0.25) is 0 Å². The summed E-state index contributed by atoms with van der Waals surface area (Å²) >= 11 is 0. The lowest BCUT2D eigenvalue weighted by molar-refractivity contribution is 0.400. The number of rotatable bonds is 4. The van der Waals surface area contributed by atoms with Crippen LogP contribution in [0.15, 0.2) is 31.8 Å². The third-order valence-corrected chi connectivity index (χ3v) is 4.81. The number of hydrogen-bond acceptors (Lipinski definition) is 6. The van der Waals surface area contributed by atoms with Crippen LogP contribution in [0.3, 0.4) is 0 Å². The monoisotopic (exact) mass is 386 g/mol. The van der Waals surface area contributed by atoms with Gasteiger partial charge in [-0.2, -0.15) is 0 Å². The van der Waals surface area contributed by atoms with Gasteiger partial charge in [0, 0.05) is 27.2 Å². The molecule has 0 aliphatic rings. The van der Waals surface area contributed by atoms with Gasteiger partial charge < -0.3 is 9.97 Å². The Bertz CT molecular complexity index is 1330. The third-order valence-electron chi connectivity index (χ3n) is 4.81. The molecule has 0 aliphatic carbocycles. The first-order chi connectivity index (χ1) is 13.3. The summed E-state index contributed by atoms with van der Waals surface area (Å²) in [7, 11) is 2.80. The second-order valence-electron chi connectivity index (χ2n) is 6.82.